The van der Waals surface area contributed by atoms with Gasteiger partial charge in [0.1, 0.15) is 18.3 Å². The highest BCUT2D eigenvalue weighted by Crippen LogP contribution is 2.36. The number of carbonyl (C=O) groups excluding carboxylic acids is 1. The molecular weight excluding hydrogens is 304 g/mol. The minimum atomic E-state index is -3.83. The van der Waals surface area contributed by atoms with Gasteiger partial charge >= 0.3 is 5.97 Å². The van der Waals surface area contributed by atoms with Crippen LogP contribution in [0.25, 0.3) is 0 Å². The molecule has 0 saturated carbocycles. The van der Waals surface area contributed by atoms with Gasteiger partial charge in [-0.3, -0.25) is 4.79 Å². The average Bonchev–Trinajstić information content (AvgIpc) is 2.77. The molecule has 0 radical (unpaired) electrons. The molecule has 20 heavy (non-hydrogen) atoms. The Labute approximate surface area is 122 Å². The van der Waals surface area contributed by atoms with E-state index in [1.54, 1.807) is 0 Å². The van der Waals surface area contributed by atoms with E-state index in [0.29, 0.717) is 17.9 Å². The molecule has 0 amide bonds. The van der Waals surface area contributed by atoms with Gasteiger partial charge in [-0.25, -0.2) is 8.42 Å². The van der Waals surface area contributed by atoms with Gasteiger partial charge in [0.2, 0.25) is 0 Å². The third-order valence-electron chi connectivity index (χ3n) is 2.89. The highest BCUT2D eigenvalue weighted by Gasteiger charge is 2.33. The van der Waals surface area contributed by atoms with E-state index in [1.807, 2.05) is 13.8 Å². The predicted octanol–water partition coefficient (Wildman–Crippen LogP) is 2.29. The minimum Gasteiger partial charge on any atom is -0.492 e. The van der Waals surface area contributed by atoms with Gasteiger partial charge < -0.3 is 9.47 Å². The van der Waals surface area contributed by atoms with Gasteiger partial charge in [-0.05, 0) is 24.1 Å². The predicted molar refractivity (Wildman–Crippen MR) is 73.5 cm³/mol. The number of fused-ring (bicyclic) bond motifs is 1. The molecule has 0 spiro atoms. The molecule has 1 unspecified atom stereocenters. The van der Waals surface area contributed by atoms with E-state index >= 15 is 0 Å². The molecule has 0 aromatic heterocycles. The number of ether oxygens (including phenoxy) is 2. The molecule has 0 aliphatic carbocycles. The average molecular weight is 319 g/mol. The number of hydrogen-bond donors (Lipinski definition) is 0. The number of esters is 1. The number of halogens is 1. The zero-order chi connectivity index (χ0) is 14.9. The maximum absolute atomic E-state index is 12.0. The fourth-order valence-electron chi connectivity index (χ4n) is 1.89. The van der Waals surface area contributed by atoms with Crippen LogP contribution in [0.5, 0.6) is 5.75 Å². The van der Waals surface area contributed by atoms with E-state index in [2.05, 4.69) is 0 Å². The van der Waals surface area contributed by atoms with Crippen molar-refractivity contribution in [1.29, 1.82) is 0 Å². The summed E-state index contributed by atoms with van der Waals surface area (Å²) in [7, 11) is 1.47. The Kier molecular flexibility index (Phi) is 4.25. The summed E-state index contributed by atoms with van der Waals surface area (Å²) in [6, 6.07) is 4.22. The molecule has 1 aromatic carbocycles. The van der Waals surface area contributed by atoms with Crippen LogP contribution >= 0.6 is 10.7 Å². The summed E-state index contributed by atoms with van der Waals surface area (Å²) in [5.74, 6) is -0.306. The van der Waals surface area contributed by atoms with Gasteiger partial charge in [0.05, 0.1) is 11.5 Å². The van der Waals surface area contributed by atoms with Crippen LogP contribution in [0.4, 0.5) is 0 Å². The maximum atomic E-state index is 12.0. The Morgan fingerprint density at radius 1 is 1.50 bits per heavy atom. The summed E-state index contributed by atoms with van der Waals surface area (Å²) in [5.41, 5.74) is 0.500. The first-order chi connectivity index (χ1) is 9.29. The van der Waals surface area contributed by atoms with Crippen LogP contribution < -0.4 is 4.74 Å². The van der Waals surface area contributed by atoms with Crippen LogP contribution in [-0.2, 0) is 18.6 Å². The molecule has 1 aliphatic heterocycles. The van der Waals surface area contributed by atoms with Crippen molar-refractivity contribution in [2.24, 2.45) is 5.92 Å². The third kappa shape index (κ3) is 3.24. The Morgan fingerprint density at radius 2 is 2.20 bits per heavy atom. The summed E-state index contributed by atoms with van der Waals surface area (Å²) >= 11 is 0. The van der Waals surface area contributed by atoms with E-state index in [0.717, 1.165) is 0 Å². The number of rotatable bonds is 4. The molecule has 0 N–H and O–H groups in total. The van der Waals surface area contributed by atoms with Crippen LogP contribution in [0.15, 0.2) is 23.1 Å². The van der Waals surface area contributed by atoms with Crippen LogP contribution in [-0.4, -0.2) is 27.6 Å². The van der Waals surface area contributed by atoms with Gasteiger partial charge in [-0.1, -0.05) is 13.8 Å². The molecule has 1 aromatic rings. The van der Waals surface area contributed by atoms with Crippen LogP contribution in [0.1, 0.15) is 25.3 Å². The lowest BCUT2D eigenvalue weighted by molar-refractivity contribution is -0.146. The van der Waals surface area contributed by atoms with E-state index in [-0.39, 0.29) is 17.4 Å². The zero-order valence-electron chi connectivity index (χ0n) is 11.1. The fourth-order valence-corrected chi connectivity index (χ4v) is 2.68. The molecule has 0 saturated heterocycles. The lowest BCUT2D eigenvalue weighted by Crippen LogP contribution is -2.19. The van der Waals surface area contributed by atoms with Crippen molar-refractivity contribution in [2.45, 2.75) is 24.7 Å². The smallest absolute Gasteiger partial charge is 0.317 e. The molecule has 1 atom stereocenters. The largest absolute Gasteiger partial charge is 0.492 e. The Morgan fingerprint density at radius 3 is 2.80 bits per heavy atom. The molecule has 7 heteroatoms. The van der Waals surface area contributed by atoms with E-state index in [4.69, 9.17) is 20.2 Å². The van der Waals surface area contributed by atoms with E-state index in [1.165, 1.54) is 18.2 Å². The molecule has 5 nitrogen and oxygen atoms in total. The Balaban J connectivity index is 2.25. The molecule has 2 rings (SSSR count). The van der Waals surface area contributed by atoms with Crippen molar-refractivity contribution in [1.82, 2.24) is 0 Å². The van der Waals surface area contributed by atoms with Crippen molar-refractivity contribution >= 4 is 25.7 Å². The first kappa shape index (κ1) is 15.1. The van der Waals surface area contributed by atoms with Gasteiger partial charge in [-0.15, -0.1) is 0 Å². The second-order valence-electron chi connectivity index (χ2n) is 5.02. The summed E-state index contributed by atoms with van der Waals surface area (Å²) in [6.45, 7) is 4.34. The lowest BCUT2D eigenvalue weighted by Gasteiger charge is -2.11. The molecule has 110 valence electrons. The fraction of sp³-hybridized carbons (Fsp3) is 0.462. The van der Waals surface area contributed by atoms with Gasteiger partial charge in [0.25, 0.3) is 9.05 Å². The van der Waals surface area contributed by atoms with Gasteiger partial charge in [0, 0.05) is 16.2 Å². The summed E-state index contributed by atoms with van der Waals surface area (Å²) in [6.07, 6.45) is 0. The van der Waals surface area contributed by atoms with Crippen molar-refractivity contribution < 1.29 is 22.7 Å². The number of hydrogen-bond acceptors (Lipinski definition) is 5. The Hall–Kier alpha value is -1.27. The first-order valence-corrected chi connectivity index (χ1v) is 8.48. The standard InChI is InChI=1S/C13H15ClO5S/c1-8(2)6-19-13(15)11-7-18-12-4-3-9(5-10(11)12)20(14,16)17/h3-5,8,11H,6-7H2,1-2H3. The Bertz CT molecular complexity index is 624. The highest BCUT2D eigenvalue weighted by atomic mass is 35.7. The number of benzene rings is 1. The second-order valence-corrected chi connectivity index (χ2v) is 7.59. The van der Waals surface area contributed by atoms with E-state index < -0.39 is 20.9 Å². The van der Waals surface area contributed by atoms with Crippen molar-refractivity contribution in [3.63, 3.8) is 0 Å². The molecule has 1 heterocycles. The minimum absolute atomic E-state index is 0.0509. The first-order valence-electron chi connectivity index (χ1n) is 6.17. The van der Waals surface area contributed by atoms with Crippen molar-refractivity contribution in [3.05, 3.63) is 23.8 Å². The van der Waals surface area contributed by atoms with E-state index in [9.17, 15) is 13.2 Å². The molecular formula is C13H15ClO5S. The lowest BCUT2D eigenvalue weighted by atomic mass is 10.0. The van der Waals surface area contributed by atoms with Crippen LogP contribution in [0.2, 0.25) is 0 Å². The number of carbonyl (C=O) groups is 1. The molecule has 0 bridgehead atoms. The third-order valence-corrected chi connectivity index (χ3v) is 4.24. The SMILES string of the molecule is CC(C)COC(=O)C1COc2ccc(S(=O)(=O)Cl)cc21. The van der Waals surface area contributed by atoms with Crippen LogP contribution in [0, 0.1) is 5.92 Å². The zero-order valence-corrected chi connectivity index (χ0v) is 12.7. The second kappa shape index (κ2) is 5.61. The summed E-state index contributed by atoms with van der Waals surface area (Å²) in [5, 5.41) is 0. The molecule has 0 fully saturated rings. The van der Waals surface area contributed by atoms with Gasteiger partial charge in [0.15, 0.2) is 0 Å². The van der Waals surface area contributed by atoms with Crippen molar-refractivity contribution in [3.8, 4) is 5.75 Å². The monoisotopic (exact) mass is 318 g/mol. The quantitative estimate of drug-likeness (QED) is 0.629. The molecule has 1 aliphatic rings. The maximum Gasteiger partial charge on any atom is 0.317 e. The van der Waals surface area contributed by atoms with Crippen molar-refractivity contribution in [2.75, 3.05) is 13.2 Å². The van der Waals surface area contributed by atoms with Gasteiger partial charge in [-0.2, -0.15) is 0 Å². The summed E-state index contributed by atoms with van der Waals surface area (Å²) < 4.78 is 33.2. The topological polar surface area (TPSA) is 69.7 Å². The van der Waals surface area contributed by atoms with Crippen LogP contribution in [0.3, 0.4) is 0 Å². The normalized spacial score (nSPS) is 17.7. The highest BCUT2D eigenvalue weighted by molar-refractivity contribution is 8.13. The summed E-state index contributed by atoms with van der Waals surface area (Å²) in [4.78, 5) is 11.9.